The number of fused-ring (bicyclic) bond motifs is 1. The van der Waals surface area contributed by atoms with Gasteiger partial charge in [-0.1, -0.05) is 26.0 Å². The van der Waals surface area contributed by atoms with Crippen LogP contribution >= 0.6 is 0 Å². The highest BCUT2D eigenvalue weighted by Crippen LogP contribution is 2.05. The molecule has 134 valence electrons. The normalized spacial score (nSPS) is 10.8. The SMILES string of the molecule is CCC(CC)NC(=O)COC(=O)CCn1cnc2ccccc2c1=O. The number of rotatable bonds is 8. The summed E-state index contributed by atoms with van der Waals surface area (Å²) in [6, 6.07) is 7.12. The van der Waals surface area contributed by atoms with Gasteiger partial charge in [0.2, 0.25) is 0 Å². The zero-order valence-corrected chi connectivity index (χ0v) is 14.5. The van der Waals surface area contributed by atoms with E-state index >= 15 is 0 Å². The highest BCUT2D eigenvalue weighted by molar-refractivity contribution is 5.80. The Labute approximate surface area is 146 Å². The van der Waals surface area contributed by atoms with Crippen molar-refractivity contribution in [3.05, 3.63) is 40.9 Å². The number of hydrogen-bond donors (Lipinski definition) is 1. The lowest BCUT2D eigenvalue weighted by Crippen LogP contribution is -2.37. The van der Waals surface area contributed by atoms with Gasteiger partial charge in [0.25, 0.3) is 11.5 Å². The van der Waals surface area contributed by atoms with Crippen LogP contribution in [-0.4, -0.2) is 34.1 Å². The summed E-state index contributed by atoms with van der Waals surface area (Å²) in [4.78, 5) is 40.0. The van der Waals surface area contributed by atoms with Crippen molar-refractivity contribution in [1.29, 1.82) is 0 Å². The Morgan fingerprint density at radius 3 is 2.68 bits per heavy atom. The Morgan fingerprint density at radius 1 is 1.24 bits per heavy atom. The number of amides is 1. The minimum absolute atomic E-state index is 0.00179. The molecule has 2 aromatic rings. The Balaban J connectivity index is 1.85. The number of benzene rings is 1. The highest BCUT2D eigenvalue weighted by atomic mass is 16.5. The molecular weight excluding hydrogens is 322 g/mol. The number of esters is 1. The second-order valence-corrected chi connectivity index (χ2v) is 5.75. The van der Waals surface area contributed by atoms with Crippen LogP contribution in [0.2, 0.25) is 0 Å². The molecule has 1 N–H and O–H groups in total. The van der Waals surface area contributed by atoms with Crippen LogP contribution in [0.25, 0.3) is 10.9 Å². The van der Waals surface area contributed by atoms with Crippen molar-refractivity contribution in [2.75, 3.05) is 6.61 Å². The Bertz CT molecular complexity index is 796. The van der Waals surface area contributed by atoms with Crippen molar-refractivity contribution in [2.45, 2.75) is 45.7 Å². The van der Waals surface area contributed by atoms with Gasteiger partial charge in [0.1, 0.15) is 0 Å². The van der Waals surface area contributed by atoms with Crippen LogP contribution in [-0.2, 0) is 20.9 Å². The topological polar surface area (TPSA) is 90.3 Å². The van der Waals surface area contributed by atoms with Crippen molar-refractivity contribution in [3.8, 4) is 0 Å². The number of nitrogens with one attached hydrogen (secondary N) is 1. The van der Waals surface area contributed by atoms with Gasteiger partial charge in [-0.25, -0.2) is 4.98 Å². The summed E-state index contributed by atoms with van der Waals surface area (Å²) < 4.78 is 6.32. The molecule has 1 aromatic carbocycles. The van der Waals surface area contributed by atoms with Crippen LogP contribution in [0.1, 0.15) is 33.1 Å². The van der Waals surface area contributed by atoms with Crippen LogP contribution in [0.4, 0.5) is 0 Å². The molecule has 0 saturated heterocycles. The number of nitrogens with zero attached hydrogens (tertiary/aromatic N) is 2. The van der Waals surface area contributed by atoms with Gasteiger partial charge < -0.3 is 10.1 Å². The lowest BCUT2D eigenvalue weighted by molar-refractivity contribution is -0.149. The summed E-state index contributed by atoms with van der Waals surface area (Å²) in [5.41, 5.74) is 0.411. The summed E-state index contributed by atoms with van der Waals surface area (Å²) in [6.07, 6.45) is 3.07. The number of aromatic nitrogens is 2. The summed E-state index contributed by atoms with van der Waals surface area (Å²) in [7, 11) is 0. The van der Waals surface area contributed by atoms with E-state index < -0.39 is 5.97 Å². The standard InChI is InChI=1S/C18H23N3O4/c1-3-13(4-2)20-16(22)11-25-17(23)9-10-21-12-19-15-8-6-5-7-14(15)18(21)24/h5-8,12-13H,3-4,9-11H2,1-2H3,(H,20,22). The molecule has 0 unspecified atom stereocenters. The van der Waals surface area contributed by atoms with E-state index in [-0.39, 0.29) is 37.1 Å². The molecule has 1 amide bonds. The van der Waals surface area contributed by atoms with Crippen LogP contribution in [0.3, 0.4) is 0 Å². The van der Waals surface area contributed by atoms with Crippen LogP contribution in [0.5, 0.6) is 0 Å². The van der Waals surface area contributed by atoms with Gasteiger partial charge in [-0.3, -0.25) is 19.0 Å². The lowest BCUT2D eigenvalue weighted by Gasteiger charge is -2.14. The molecule has 2 rings (SSSR count). The largest absolute Gasteiger partial charge is 0.456 e. The van der Waals surface area contributed by atoms with E-state index in [9.17, 15) is 14.4 Å². The van der Waals surface area contributed by atoms with Crippen molar-refractivity contribution in [2.24, 2.45) is 0 Å². The quantitative estimate of drug-likeness (QED) is 0.735. The van der Waals surface area contributed by atoms with E-state index in [1.807, 2.05) is 19.9 Å². The summed E-state index contributed by atoms with van der Waals surface area (Å²) in [5, 5.41) is 3.30. The maximum atomic E-state index is 12.3. The smallest absolute Gasteiger partial charge is 0.308 e. The van der Waals surface area contributed by atoms with E-state index in [0.29, 0.717) is 10.9 Å². The minimum atomic E-state index is -0.528. The zero-order valence-electron chi connectivity index (χ0n) is 14.5. The van der Waals surface area contributed by atoms with Gasteiger partial charge in [-0.15, -0.1) is 0 Å². The first kappa shape index (κ1) is 18.6. The molecule has 0 saturated carbocycles. The molecule has 0 aliphatic heterocycles. The van der Waals surface area contributed by atoms with Crippen molar-refractivity contribution in [1.82, 2.24) is 14.9 Å². The van der Waals surface area contributed by atoms with Gasteiger partial charge in [0.15, 0.2) is 6.61 Å². The number of carbonyl (C=O) groups excluding carboxylic acids is 2. The third-order valence-electron chi connectivity index (χ3n) is 4.00. The fourth-order valence-corrected chi connectivity index (χ4v) is 2.46. The molecule has 7 nitrogen and oxygen atoms in total. The third kappa shape index (κ3) is 5.14. The van der Waals surface area contributed by atoms with Gasteiger partial charge in [0.05, 0.1) is 23.7 Å². The number of para-hydroxylation sites is 1. The summed E-state index contributed by atoms with van der Waals surface area (Å²) in [5.74, 6) is -0.841. The lowest BCUT2D eigenvalue weighted by atomic mass is 10.2. The van der Waals surface area contributed by atoms with Gasteiger partial charge in [0, 0.05) is 12.6 Å². The molecule has 0 bridgehead atoms. The zero-order chi connectivity index (χ0) is 18.2. The van der Waals surface area contributed by atoms with Crippen LogP contribution < -0.4 is 10.9 Å². The maximum absolute atomic E-state index is 12.3. The average molecular weight is 345 g/mol. The minimum Gasteiger partial charge on any atom is -0.456 e. The monoisotopic (exact) mass is 345 g/mol. The number of ether oxygens (including phenoxy) is 1. The van der Waals surface area contributed by atoms with Gasteiger partial charge in [-0.2, -0.15) is 0 Å². The summed E-state index contributed by atoms with van der Waals surface area (Å²) >= 11 is 0. The van der Waals surface area contributed by atoms with E-state index in [4.69, 9.17) is 4.74 Å². The molecule has 0 aliphatic carbocycles. The predicted molar refractivity (Wildman–Crippen MR) is 94.1 cm³/mol. The number of carbonyl (C=O) groups is 2. The second kappa shape index (κ2) is 8.96. The molecule has 0 atom stereocenters. The van der Waals surface area contributed by atoms with Crippen LogP contribution in [0.15, 0.2) is 35.4 Å². The molecule has 1 heterocycles. The number of aryl methyl sites for hydroxylation is 1. The first-order valence-corrected chi connectivity index (χ1v) is 8.44. The van der Waals surface area contributed by atoms with E-state index in [0.717, 1.165) is 12.8 Å². The van der Waals surface area contributed by atoms with E-state index in [1.165, 1.54) is 10.9 Å². The molecule has 7 heteroatoms. The van der Waals surface area contributed by atoms with E-state index in [1.54, 1.807) is 18.2 Å². The fourth-order valence-electron chi connectivity index (χ4n) is 2.46. The molecule has 0 spiro atoms. The number of hydrogen-bond acceptors (Lipinski definition) is 5. The van der Waals surface area contributed by atoms with Crippen molar-refractivity contribution >= 4 is 22.8 Å². The van der Waals surface area contributed by atoms with Crippen LogP contribution in [0, 0.1) is 0 Å². The molecule has 0 fully saturated rings. The third-order valence-corrected chi connectivity index (χ3v) is 4.00. The van der Waals surface area contributed by atoms with Gasteiger partial charge >= 0.3 is 5.97 Å². The summed E-state index contributed by atoms with van der Waals surface area (Å²) in [6.45, 7) is 3.81. The molecule has 25 heavy (non-hydrogen) atoms. The Morgan fingerprint density at radius 2 is 1.96 bits per heavy atom. The van der Waals surface area contributed by atoms with E-state index in [2.05, 4.69) is 10.3 Å². The molecule has 1 aromatic heterocycles. The predicted octanol–water partition coefficient (Wildman–Crippen LogP) is 1.63. The molecule has 0 radical (unpaired) electrons. The first-order valence-electron chi connectivity index (χ1n) is 8.44. The maximum Gasteiger partial charge on any atom is 0.308 e. The highest BCUT2D eigenvalue weighted by Gasteiger charge is 2.12. The van der Waals surface area contributed by atoms with Crippen molar-refractivity contribution in [3.63, 3.8) is 0 Å². The second-order valence-electron chi connectivity index (χ2n) is 5.75. The van der Waals surface area contributed by atoms with Gasteiger partial charge in [-0.05, 0) is 25.0 Å². The van der Waals surface area contributed by atoms with Crippen molar-refractivity contribution < 1.29 is 14.3 Å². The molecular formula is C18H23N3O4. The molecule has 0 aliphatic rings. The fraction of sp³-hybridized carbons (Fsp3) is 0.444. The Kier molecular flexibility index (Phi) is 6.68. The average Bonchev–Trinajstić information content (AvgIpc) is 2.64. The first-order chi connectivity index (χ1) is 12.0. The Hall–Kier alpha value is -2.70.